The highest BCUT2D eigenvalue weighted by Crippen LogP contribution is 2.39. The maximum absolute atomic E-state index is 14.3. The molecule has 0 aliphatic heterocycles. The fourth-order valence-corrected chi connectivity index (χ4v) is 4.98. The third-order valence-corrected chi connectivity index (χ3v) is 6.86. The Hall–Kier alpha value is -3.78. The molecule has 35 heavy (non-hydrogen) atoms. The lowest BCUT2D eigenvalue weighted by Gasteiger charge is -2.11. The molecular formula is C27H25FN2O4S. The molecule has 0 fully saturated rings. The number of hydrogen-bond acceptors (Lipinski definition) is 6. The summed E-state index contributed by atoms with van der Waals surface area (Å²) in [6, 6.07) is 13.4. The van der Waals surface area contributed by atoms with E-state index in [4.69, 9.17) is 9.47 Å². The highest BCUT2D eigenvalue weighted by atomic mass is 32.1. The van der Waals surface area contributed by atoms with Crippen molar-refractivity contribution in [2.75, 3.05) is 20.8 Å². The second-order valence-corrected chi connectivity index (χ2v) is 9.15. The number of benzene rings is 2. The number of hydrogen-bond donors (Lipinski definition) is 1. The van der Waals surface area contributed by atoms with E-state index in [0.717, 1.165) is 21.4 Å². The van der Waals surface area contributed by atoms with Crippen molar-refractivity contribution in [3.8, 4) is 22.8 Å². The molecule has 0 aliphatic rings. The summed E-state index contributed by atoms with van der Waals surface area (Å²) in [5, 5.41) is 3.43. The van der Waals surface area contributed by atoms with Crippen LogP contribution in [0.1, 0.15) is 38.2 Å². The molecule has 0 bridgehead atoms. The first-order chi connectivity index (χ1) is 16.9. The lowest BCUT2D eigenvalue weighted by molar-refractivity contribution is 0.0902. The van der Waals surface area contributed by atoms with Crippen LogP contribution in [0.5, 0.6) is 11.5 Å². The number of carbonyl (C=O) groups is 2. The van der Waals surface area contributed by atoms with Gasteiger partial charge < -0.3 is 14.8 Å². The Morgan fingerprint density at radius 2 is 1.83 bits per heavy atom. The van der Waals surface area contributed by atoms with Crippen molar-refractivity contribution < 1.29 is 23.5 Å². The Morgan fingerprint density at radius 3 is 2.54 bits per heavy atom. The van der Waals surface area contributed by atoms with Gasteiger partial charge in [-0.25, -0.2) is 9.37 Å². The number of fused-ring (bicyclic) bond motifs is 1. The Morgan fingerprint density at radius 1 is 1.06 bits per heavy atom. The number of aryl methyl sites for hydroxylation is 2. The molecule has 0 saturated carbocycles. The number of nitrogens with zero attached hydrogens (tertiary/aromatic N) is 1. The van der Waals surface area contributed by atoms with Crippen molar-refractivity contribution >= 4 is 33.1 Å². The van der Waals surface area contributed by atoms with Crippen LogP contribution in [0.3, 0.4) is 0 Å². The lowest BCUT2D eigenvalue weighted by Crippen LogP contribution is -2.30. The number of ether oxygens (including phenoxy) is 2. The van der Waals surface area contributed by atoms with E-state index in [1.807, 2.05) is 26.0 Å². The number of rotatable bonds is 8. The molecule has 4 aromatic rings. The van der Waals surface area contributed by atoms with Gasteiger partial charge in [0.05, 0.1) is 31.2 Å². The molecule has 1 amide bonds. The van der Waals surface area contributed by atoms with Crippen LogP contribution >= 0.6 is 11.3 Å². The Balaban J connectivity index is 1.60. The van der Waals surface area contributed by atoms with Gasteiger partial charge >= 0.3 is 0 Å². The van der Waals surface area contributed by atoms with Crippen LogP contribution in [-0.4, -0.2) is 37.4 Å². The van der Waals surface area contributed by atoms with Gasteiger partial charge in [0.2, 0.25) is 0 Å². The van der Waals surface area contributed by atoms with E-state index in [1.54, 1.807) is 30.3 Å². The van der Waals surface area contributed by atoms with Gasteiger partial charge in [-0.2, -0.15) is 0 Å². The first-order valence-electron chi connectivity index (χ1n) is 11.1. The summed E-state index contributed by atoms with van der Waals surface area (Å²) in [5.74, 6) is -0.0877. The molecule has 2 aromatic heterocycles. The number of halogens is 1. The van der Waals surface area contributed by atoms with Crippen molar-refractivity contribution in [2.45, 2.75) is 20.3 Å². The third kappa shape index (κ3) is 4.88. The van der Waals surface area contributed by atoms with Gasteiger partial charge in [-0.05, 0) is 55.3 Å². The molecule has 0 aliphatic carbocycles. The second-order valence-electron chi connectivity index (χ2n) is 7.92. The summed E-state index contributed by atoms with van der Waals surface area (Å²) < 4.78 is 25.3. The van der Waals surface area contributed by atoms with Gasteiger partial charge in [-0.3, -0.25) is 9.59 Å². The predicted molar refractivity (Wildman–Crippen MR) is 135 cm³/mol. The maximum atomic E-state index is 14.3. The number of pyridine rings is 1. The zero-order valence-corrected chi connectivity index (χ0v) is 20.7. The number of thiophene rings is 1. The molecule has 1 N–H and O–H groups in total. The zero-order chi connectivity index (χ0) is 25.1. The fourth-order valence-electron chi connectivity index (χ4n) is 3.91. The van der Waals surface area contributed by atoms with E-state index < -0.39 is 5.91 Å². The summed E-state index contributed by atoms with van der Waals surface area (Å²) in [7, 11) is 3.00. The molecule has 2 aromatic carbocycles. The molecule has 0 spiro atoms. The van der Waals surface area contributed by atoms with E-state index in [9.17, 15) is 14.0 Å². The van der Waals surface area contributed by atoms with Crippen molar-refractivity contribution in [3.05, 3.63) is 76.0 Å². The molecule has 0 saturated heterocycles. The maximum Gasteiger partial charge on any atom is 0.251 e. The van der Waals surface area contributed by atoms with Gasteiger partial charge in [0, 0.05) is 21.4 Å². The molecule has 0 atom stereocenters. The summed E-state index contributed by atoms with van der Waals surface area (Å²) in [5.41, 5.74) is 2.96. The summed E-state index contributed by atoms with van der Waals surface area (Å²) in [6.07, 6.45) is 0.698. The average Bonchev–Trinajstić information content (AvgIpc) is 3.23. The quantitative estimate of drug-likeness (QED) is 0.324. The van der Waals surface area contributed by atoms with Gasteiger partial charge in [0.1, 0.15) is 11.5 Å². The molecular weight excluding hydrogens is 467 g/mol. The number of Topliss-reactive ketones (excluding diaryl/α,β-unsaturated/α-hetero) is 1. The summed E-state index contributed by atoms with van der Waals surface area (Å²) in [4.78, 5) is 31.2. The van der Waals surface area contributed by atoms with Gasteiger partial charge in [0.25, 0.3) is 5.91 Å². The van der Waals surface area contributed by atoms with Crippen LogP contribution in [0.25, 0.3) is 21.3 Å². The molecule has 0 radical (unpaired) electrons. The zero-order valence-electron chi connectivity index (χ0n) is 19.9. The van der Waals surface area contributed by atoms with Crippen molar-refractivity contribution in [2.24, 2.45) is 0 Å². The Bertz CT molecular complexity index is 1430. The third-order valence-electron chi connectivity index (χ3n) is 5.73. The first kappa shape index (κ1) is 24.3. The summed E-state index contributed by atoms with van der Waals surface area (Å²) >= 11 is 1.37. The minimum atomic E-state index is -0.415. The molecule has 4 rings (SSSR count). The second kappa shape index (κ2) is 10.2. The molecule has 2 heterocycles. The van der Waals surface area contributed by atoms with E-state index in [0.29, 0.717) is 33.9 Å². The highest BCUT2D eigenvalue weighted by molar-refractivity contribution is 7.19. The van der Waals surface area contributed by atoms with Gasteiger partial charge in [-0.15, -0.1) is 11.3 Å². The van der Waals surface area contributed by atoms with Crippen LogP contribution in [-0.2, 0) is 6.42 Å². The van der Waals surface area contributed by atoms with Gasteiger partial charge in [-0.1, -0.05) is 19.1 Å². The fraction of sp³-hybridized carbons (Fsp3) is 0.222. The Labute approximate surface area is 206 Å². The SMILES string of the molecule is CCc1cc(C(=O)CNC(=O)c2ccc(OC)c(OC)c2)nc(-c2c(C)sc3c(F)cccc23)c1. The van der Waals surface area contributed by atoms with Crippen molar-refractivity contribution in [3.63, 3.8) is 0 Å². The molecule has 8 heteroatoms. The van der Waals surface area contributed by atoms with E-state index in [2.05, 4.69) is 10.3 Å². The molecule has 180 valence electrons. The topological polar surface area (TPSA) is 77.5 Å². The smallest absolute Gasteiger partial charge is 0.251 e. The Kier molecular flexibility index (Phi) is 7.12. The minimum Gasteiger partial charge on any atom is -0.493 e. The standard InChI is InChI=1S/C27H25FN2O4S/c1-5-16-11-20(22(31)14-29-27(32)17-9-10-23(33-3)24(13-17)34-4)30-21(12-16)25-15(2)35-26-18(25)7-6-8-19(26)28/h6-13H,5,14H2,1-4H3,(H,29,32). The first-order valence-corrected chi connectivity index (χ1v) is 11.9. The molecule has 6 nitrogen and oxygen atoms in total. The van der Waals surface area contributed by atoms with Crippen LogP contribution in [0.4, 0.5) is 4.39 Å². The number of aromatic nitrogens is 1. The highest BCUT2D eigenvalue weighted by Gasteiger charge is 2.19. The molecule has 0 unspecified atom stereocenters. The normalized spacial score (nSPS) is 10.9. The summed E-state index contributed by atoms with van der Waals surface area (Å²) in [6.45, 7) is 3.69. The number of carbonyl (C=O) groups excluding carboxylic acids is 2. The largest absolute Gasteiger partial charge is 0.493 e. The number of ketones is 1. The van der Waals surface area contributed by atoms with E-state index in [-0.39, 0.29) is 23.8 Å². The number of nitrogens with one attached hydrogen (secondary N) is 1. The van der Waals surface area contributed by atoms with Crippen LogP contribution in [0, 0.1) is 12.7 Å². The van der Waals surface area contributed by atoms with Crippen LogP contribution in [0.15, 0.2) is 48.5 Å². The predicted octanol–water partition coefficient (Wildman–Crippen LogP) is 5.60. The van der Waals surface area contributed by atoms with Crippen LogP contribution < -0.4 is 14.8 Å². The lowest BCUT2D eigenvalue weighted by atomic mass is 10.0. The minimum absolute atomic E-state index is 0.217. The van der Waals surface area contributed by atoms with E-state index in [1.165, 1.54) is 31.6 Å². The average molecular weight is 493 g/mol. The monoisotopic (exact) mass is 492 g/mol. The number of methoxy groups -OCH3 is 2. The van der Waals surface area contributed by atoms with Crippen LogP contribution in [0.2, 0.25) is 0 Å². The van der Waals surface area contributed by atoms with Crippen molar-refractivity contribution in [1.29, 1.82) is 0 Å². The number of amides is 1. The van der Waals surface area contributed by atoms with Crippen molar-refractivity contribution in [1.82, 2.24) is 10.3 Å². The van der Waals surface area contributed by atoms with E-state index >= 15 is 0 Å². The van der Waals surface area contributed by atoms with Gasteiger partial charge in [0.15, 0.2) is 17.3 Å².